The van der Waals surface area contributed by atoms with Crippen molar-refractivity contribution in [2.24, 2.45) is 0 Å². The molecule has 0 spiro atoms. The number of fused-ring (bicyclic) bond motifs is 1. The molecule has 1 amide bonds. The number of nitrogens with one attached hydrogen (secondary N) is 1. The molecule has 3 aromatic rings. The van der Waals surface area contributed by atoms with Crippen LogP contribution in [0.25, 0.3) is 17.0 Å². The molecular formula is C21H25ClN6O2. The topological polar surface area (TPSA) is 84.6 Å². The molecule has 1 saturated heterocycles. The predicted molar refractivity (Wildman–Crippen MR) is 116 cm³/mol. The lowest BCUT2D eigenvalue weighted by atomic mass is 10.1. The van der Waals surface area contributed by atoms with Crippen molar-refractivity contribution in [2.75, 3.05) is 18.4 Å². The molecule has 1 N–H and O–H groups in total. The van der Waals surface area contributed by atoms with E-state index < -0.39 is 5.60 Å². The number of rotatable bonds is 3. The third-order valence-corrected chi connectivity index (χ3v) is 5.00. The van der Waals surface area contributed by atoms with Crippen LogP contribution in [0.1, 0.15) is 33.6 Å². The van der Waals surface area contributed by atoms with Gasteiger partial charge in [-0.2, -0.15) is 0 Å². The molecule has 0 radical (unpaired) electrons. The number of carbonyl (C=O) groups excluding carboxylic acids is 1. The van der Waals surface area contributed by atoms with Gasteiger partial charge in [0.1, 0.15) is 16.6 Å². The van der Waals surface area contributed by atoms with Crippen LogP contribution >= 0.6 is 11.6 Å². The number of imidazole rings is 1. The normalized spacial score (nSPS) is 17.2. The van der Waals surface area contributed by atoms with Gasteiger partial charge in [0.15, 0.2) is 5.65 Å². The molecule has 0 unspecified atom stereocenters. The van der Waals surface area contributed by atoms with Crippen LogP contribution in [0.15, 0.2) is 36.8 Å². The van der Waals surface area contributed by atoms with Gasteiger partial charge in [-0.15, -0.1) is 0 Å². The first-order valence-corrected chi connectivity index (χ1v) is 10.4. The quantitative estimate of drug-likeness (QED) is 0.671. The standard InChI is InChI=1S/C21H25ClN6O2/c1-21(2,3)30-20(29)27-9-5-6-14(12-27)25-18-8-4-7-15(26-18)16-10-24-19-11-23-17(22)13-28(16)19/h4,7-8,10-11,13-14H,5-6,9,12H2,1-3H3,(H,25,26)/t14-/m1/s1. The highest BCUT2D eigenvalue weighted by Crippen LogP contribution is 2.23. The van der Waals surface area contributed by atoms with E-state index in [1.165, 1.54) is 0 Å². The van der Waals surface area contributed by atoms with Crippen LogP contribution < -0.4 is 5.32 Å². The van der Waals surface area contributed by atoms with Crippen molar-refractivity contribution >= 4 is 29.2 Å². The number of amides is 1. The Kier molecular flexibility index (Phi) is 5.51. The summed E-state index contributed by atoms with van der Waals surface area (Å²) in [5.74, 6) is 0.749. The van der Waals surface area contributed by atoms with E-state index in [0.717, 1.165) is 30.0 Å². The second-order valence-corrected chi connectivity index (χ2v) is 8.79. The predicted octanol–water partition coefficient (Wildman–Crippen LogP) is 4.26. The Morgan fingerprint density at radius 1 is 1.27 bits per heavy atom. The summed E-state index contributed by atoms with van der Waals surface area (Å²) in [5.41, 5.74) is 1.81. The summed E-state index contributed by atoms with van der Waals surface area (Å²) in [5, 5.41) is 3.85. The lowest BCUT2D eigenvalue weighted by Crippen LogP contribution is -2.47. The molecule has 1 aliphatic rings. The van der Waals surface area contributed by atoms with E-state index in [9.17, 15) is 4.79 Å². The lowest BCUT2D eigenvalue weighted by Gasteiger charge is -2.34. The minimum atomic E-state index is -0.500. The monoisotopic (exact) mass is 428 g/mol. The smallest absolute Gasteiger partial charge is 0.410 e. The van der Waals surface area contributed by atoms with Crippen LogP contribution in [0.5, 0.6) is 0 Å². The summed E-state index contributed by atoms with van der Waals surface area (Å²) in [4.78, 5) is 27.3. The van der Waals surface area contributed by atoms with Gasteiger partial charge in [-0.3, -0.25) is 4.40 Å². The van der Waals surface area contributed by atoms with Crippen molar-refractivity contribution in [1.29, 1.82) is 0 Å². The Hall–Kier alpha value is -2.87. The van der Waals surface area contributed by atoms with Gasteiger partial charge in [0.25, 0.3) is 0 Å². The van der Waals surface area contributed by atoms with Crippen molar-refractivity contribution in [3.05, 3.63) is 41.9 Å². The van der Waals surface area contributed by atoms with Crippen molar-refractivity contribution in [1.82, 2.24) is 24.3 Å². The molecule has 3 aromatic heterocycles. The highest BCUT2D eigenvalue weighted by molar-refractivity contribution is 6.29. The number of anilines is 1. The van der Waals surface area contributed by atoms with Gasteiger partial charge in [0.05, 0.1) is 23.8 Å². The number of nitrogens with zero attached hydrogens (tertiary/aromatic N) is 5. The van der Waals surface area contributed by atoms with E-state index in [1.54, 1.807) is 23.5 Å². The highest BCUT2D eigenvalue weighted by Gasteiger charge is 2.27. The van der Waals surface area contributed by atoms with Gasteiger partial charge in [-0.05, 0) is 45.7 Å². The molecular weight excluding hydrogens is 404 g/mol. The summed E-state index contributed by atoms with van der Waals surface area (Å²) < 4.78 is 7.38. The third kappa shape index (κ3) is 4.64. The van der Waals surface area contributed by atoms with E-state index in [2.05, 4.69) is 15.3 Å². The van der Waals surface area contributed by atoms with Gasteiger partial charge in [-0.1, -0.05) is 17.7 Å². The van der Waals surface area contributed by atoms with Crippen LogP contribution in [0.2, 0.25) is 5.15 Å². The Bertz CT molecular complexity index is 1060. The van der Waals surface area contributed by atoms with Gasteiger partial charge in [0, 0.05) is 25.3 Å². The molecule has 4 heterocycles. The second kappa shape index (κ2) is 8.10. The van der Waals surface area contributed by atoms with Crippen LogP contribution in [0.3, 0.4) is 0 Å². The molecule has 0 saturated carbocycles. The molecule has 1 atom stereocenters. The Morgan fingerprint density at radius 3 is 2.90 bits per heavy atom. The largest absolute Gasteiger partial charge is 0.444 e. The fourth-order valence-electron chi connectivity index (χ4n) is 3.51. The number of ether oxygens (including phenoxy) is 1. The number of carbonyl (C=O) groups is 1. The maximum absolute atomic E-state index is 12.4. The molecule has 0 bridgehead atoms. The van der Waals surface area contributed by atoms with E-state index >= 15 is 0 Å². The second-order valence-electron chi connectivity index (χ2n) is 8.40. The van der Waals surface area contributed by atoms with Gasteiger partial charge >= 0.3 is 6.09 Å². The van der Waals surface area contributed by atoms with E-state index in [1.807, 2.05) is 43.4 Å². The van der Waals surface area contributed by atoms with Gasteiger partial charge < -0.3 is 15.0 Å². The van der Waals surface area contributed by atoms with Crippen molar-refractivity contribution < 1.29 is 9.53 Å². The Morgan fingerprint density at radius 2 is 2.10 bits per heavy atom. The minimum Gasteiger partial charge on any atom is -0.444 e. The summed E-state index contributed by atoms with van der Waals surface area (Å²) in [6.45, 7) is 6.92. The highest BCUT2D eigenvalue weighted by atomic mass is 35.5. The van der Waals surface area contributed by atoms with E-state index in [-0.39, 0.29) is 12.1 Å². The number of aromatic nitrogens is 4. The average molecular weight is 429 g/mol. The molecule has 1 aliphatic heterocycles. The number of halogens is 1. The van der Waals surface area contributed by atoms with Crippen LogP contribution in [-0.2, 0) is 4.74 Å². The zero-order valence-corrected chi connectivity index (χ0v) is 18.1. The summed E-state index contributed by atoms with van der Waals surface area (Å²) in [6, 6.07) is 5.90. The Balaban J connectivity index is 1.49. The van der Waals surface area contributed by atoms with Crippen molar-refractivity contribution in [2.45, 2.75) is 45.3 Å². The molecule has 30 heavy (non-hydrogen) atoms. The van der Waals surface area contributed by atoms with Crippen LogP contribution in [0.4, 0.5) is 10.6 Å². The zero-order chi connectivity index (χ0) is 21.3. The van der Waals surface area contributed by atoms with Crippen molar-refractivity contribution in [3.63, 3.8) is 0 Å². The third-order valence-electron chi connectivity index (χ3n) is 4.80. The van der Waals surface area contributed by atoms with Gasteiger partial charge in [0.2, 0.25) is 0 Å². The summed E-state index contributed by atoms with van der Waals surface area (Å²) in [7, 11) is 0. The summed E-state index contributed by atoms with van der Waals surface area (Å²) in [6.07, 6.45) is 6.70. The first kappa shape index (κ1) is 20.4. The van der Waals surface area contributed by atoms with Gasteiger partial charge in [-0.25, -0.2) is 19.7 Å². The maximum atomic E-state index is 12.4. The molecule has 0 aliphatic carbocycles. The van der Waals surface area contributed by atoms with Crippen molar-refractivity contribution in [3.8, 4) is 11.4 Å². The fraction of sp³-hybridized carbons (Fsp3) is 0.429. The number of hydrogen-bond acceptors (Lipinski definition) is 6. The molecule has 158 valence electrons. The molecule has 1 fully saturated rings. The lowest BCUT2D eigenvalue weighted by molar-refractivity contribution is 0.0206. The first-order valence-electron chi connectivity index (χ1n) is 9.99. The minimum absolute atomic E-state index is 0.106. The molecule has 9 heteroatoms. The SMILES string of the molecule is CC(C)(C)OC(=O)N1CCC[C@@H](Nc2cccc(-c3cnc4cnc(Cl)cn34)n2)C1. The van der Waals surface area contributed by atoms with E-state index in [0.29, 0.717) is 23.9 Å². The molecule has 0 aromatic carbocycles. The number of likely N-dealkylation sites (tertiary alicyclic amines) is 1. The van der Waals surface area contributed by atoms with Crippen LogP contribution in [0, 0.1) is 0 Å². The molecule has 4 rings (SSSR count). The number of piperidine rings is 1. The average Bonchev–Trinajstić information content (AvgIpc) is 3.10. The van der Waals surface area contributed by atoms with Crippen LogP contribution in [-0.4, -0.2) is 55.1 Å². The van der Waals surface area contributed by atoms with E-state index in [4.69, 9.17) is 21.3 Å². The first-order chi connectivity index (χ1) is 14.3. The fourth-order valence-corrected chi connectivity index (χ4v) is 3.66. The number of pyridine rings is 1. The Labute approximate surface area is 180 Å². The number of hydrogen-bond donors (Lipinski definition) is 1. The summed E-state index contributed by atoms with van der Waals surface area (Å²) >= 11 is 6.04. The maximum Gasteiger partial charge on any atom is 0.410 e. The zero-order valence-electron chi connectivity index (χ0n) is 17.3. The molecule has 8 nitrogen and oxygen atoms in total.